The summed E-state index contributed by atoms with van der Waals surface area (Å²) in [6.07, 6.45) is 0.634. The largest absolute Gasteiger partial charge is 0.244 e. The Morgan fingerprint density at radius 2 is 1.60 bits per heavy atom. The van der Waals surface area contributed by atoms with Crippen molar-refractivity contribution in [1.82, 2.24) is 4.31 Å². The smallest absolute Gasteiger partial charge is 0.225 e. The molecule has 0 aliphatic heterocycles. The van der Waals surface area contributed by atoms with Crippen molar-refractivity contribution < 1.29 is 16.8 Å². The molecule has 2 N–H and O–H groups in total. The van der Waals surface area contributed by atoms with E-state index in [1.165, 1.54) is 28.6 Å². The molecule has 0 unspecified atom stereocenters. The Kier molecular flexibility index (Phi) is 5.31. The standard InChI is InChI=1S/C12H20N2O4S2/c1-4-9-14(10(2)3)20(17,18)12-8-6-5-7-11(12)19(13,15)16/h5-8,10H,4,9H2,1-3H3,(H2,13,15,16). The van der Waals surface area contributed by atoms with Crippen molar-refractivity contribution in [2.75, 3.05) is 6.54 Å². The van der Waals surface area contributed by atoms with Gasteiger partial charge in [-0.3, -0.25) is 0 Å². The van der Waals surface area contributed by atoms with Crippen molar-refractivity contribution in [2.24, 2.45) is 5.14 Å². The minimum absolute atomic E-state index is 0.270. The average molecular weight is 320 g/mol. The van der Waals surface area contributed by atoms with E-state index >= 15 is 0 Å². The fourth-order valence-electron chi connectivity index (χ4n) is 1.90. The van der Waals surface area contributed by atoms with Crippen LogP contribution in [-0.4, -0.2) is 33.7 Å². The maximum atomic E-state index is 12.6. The molecule has 0 fully saturated rings. The molecule has 6 nitrogen and oxygen atoms in total. The molecule has 0 saturated carbocycles. The molecular weight excluding hydrogens is 300 g/mol. The van der Waals surface area contributed by atoms with Crippen LogP contribution >= 0.6 is 0 Å². The van der Waals surface area contributed by atoms with Gasteiger partial charge in [0.25, 0.3) is 0 Å². The van der Waals surface area contributed by atoms with Gasteiger partial charge in [0.2, 0.25) is 20.0 Å². The number of rotatable bonds is 6. The predicted octanol–water partition coefficient (Wildman–Crippen LogP) is 1.14. The van der Waals surface area contributed by atoms with Gasteiger partial charge < -0.3 is 0 Å². The monoisotopic (exact) mass is 320 g/mol. The summed E-state index contributed by atoms with van der Waals surface area (Å²) in [7, 11) is -8.00. The molecule has 1 aromatic rings. The van der Waals surface area contributed by atoms with E-state index in [1.54, 1.807) is 13.8 Å². The van der Waals surface area contributed by atoms with Gasteiger partial charge in [0, 0.05) is 12.6 Å². The van der Waals surface area contributed by atoms with E-state index in [9.17, 15) is 16.8 Å². The second-order valence-corrected chi connectivity index (χ2v) is 8.09. The highest BCUT2D eigenvalue weighted by atomic mass is 32.2. The Labute approximate surface area is 120 Å². The minimum Gasteiger partial charge on any atom is -0.225 e. The van der Waals surface area contributed by atoms with Crippen LogP contribution in [0.15, 0.2) is 34.1 Å². The molecule has 0 radical (unpaired) electrons. The topological polar surface area (TPSA) is 97.5 Å². The lowest BCUT2D eigenvalue weighted by atomic mass is 10.4. The molecule has 0 saturated heterocycles. The Hall–Kier alpha value is -0.960. The molecule has 0 atom stereocenters. The van der Waals surface area contributed by atoms with Crippen molar-refractivity contribution >= 4 is 20.0 Å². The third-order valence-corrected chi connectivity index (χ3v) is 5.99. The highest BCUT2D eigenvalue weighted by Gasteiger charge is 2.30. The van der Waals surface area contributed by atoms with Gasteiger partial charge in [-0.25, -0.2) is 22.0 Å². The van der Waals surface area contributed by atoms with Crippen molar-refractivity contribution in [3.05, 3.63) is 24.3 Å². The maximum absolute atomic E-state index is 12.6. The third kappa shape index (κ3) is 3.57. The van der Waals surface area contributed by atoms with Crippen LogP contribution in [0, 0.1) is 0 Å². The third-order valence-electron chi connectivity index (χ3n) is 2.76. The van der Waals surface area contributed by atoms with Gasteiger partial charge in [-0.15, -0.1) is 0 Å². The molecule has 1 rings (SSSR count). The summed E-state index contributed by atoms with van der Waals surface area (Å²) in [4.78, 5) is -0.647. The number of sulfonamides is 2. The summed E-state index contributed by atoms with van der Waals surface area (Å²) in [5.74, 6) is 0. The quantitative estimate of drug-likeness (QED) is 0.850. The van der Waals surface area contributed by atoms with E-state index in [2.05, 4.69) is 0 Å². The van der Waals surface area contributed by atoms with Crippen LogP contribution in [-0.2, 0) is 20.0 Å². The van der Waals surface area contributed by atoms with Gasteiger partial charge in [0.05, 0.1) is 0 Å². The summed E-state index contributed by atoms with van der Waals surface area (Å²) in [5.41, 5.74) is 0. The van der Waals surface area contributed by atoms with Gasteiger partial charge in [-0.05, 0) is 32.4 Å². The second kappa shape index (κ2) is 6.21. The minimum atomic E-state index is -4.10. The van der Waals surface area contributed by atoms with Gasteiger partial charge >= 0.3 is 0 Å². The Morgan fingerprint density at radius 3 is 2.00 bits per heavy atom. The zero-order valence-corrected chi connectivity index (χ0v) is 13.4. The highest BCUT2D eigenvalue weighted by molar-refractivity contribution is 7.92. The first-order valence-corrected chi connectivity index (χ1v) is 9.24. The molecule has 114 valence electrons. The number of benzene rings is 1. The lowest BCUT2D eigenvalue weighted by Gasteiger charge is -2.26. The average Bonchev–Trinajstić information content (AvgIpc) is 2.34. The summed E-state index contributed by atoms with van der Waals surface area (Å²) < 4.78 is 49.6. The van der Waals surface area contributed by atoms with E-state index in [1.807, 2.05) is 6.92 Å². The second-order valence-electron chi connectivity index (χ2n) is 4.70. The van der Waals surface area contributed by atoms with E-state index in [4.69, 9.17) is 5.14 Å². The summed E-state index contributed by atoms with van der Waals surface area (Å²) >= 11 is 0. The van der Waals surface area contributed by atoms with E-state index in [0.717, 1.165) is 0 Å². The first kappa shape index (κ1) is 17.1. The van der Waals surface area contributed by atoms with E-state index in [0.29, 0.717) is 13.0 Å². The van der Waals surface area contributed by atoms with Crippen LogP contribution in [0.1, 0.15) is 27.2 Å². The summed E-state index contributed by atoms with van der Waals surface area (Å²) in [6, 6.07) is 5.12. The lowest BCUT2D eigenvalue weighted by molar-refractivity contribution is 0.353. The number of hydrogen-bond donors (Lipinski definition) is 1. The van der Waals surface area contributed by atoms with Crippen molar-refractivity contribution in [1.29, 1.82) is 0 Å². The molecule has 0 aliphatic rings. The number of hydrogen-bond acceptors (Lipinski definition) is 4. The first-order valence-electron chi connectivity index (χ1n) is 6.26. The molecule has 0 spiro atoms. The molecule has 0 amide bonds. The summed E-state index contributed by atoms with van der Waals surface area (Å²) in [6.45, 7) is 5.66. The van der Waals surface area contributed by atoms with Crippen LogP contribution in [0.5, 0.6) is 0 Å². The normalized spacial score (nSPS) is 13.1. The molecule has 0 heterocycles. The maximum Gasteiger partial charge on any atom is 0.244 e. The number of primary sulfonamides is 1. The van der Waals surface area contributed by atoms with Gasteiger partial charge in [-0.2, -0.15) is 4.31 Å². The molecule has 0 bridgehead atoms. The lowest BCUT2D eigenvalue weighted by Crippen LogP contribution is -2.38. The van der Waals surface area contributed by atoms with Crippen LogP contribution < -0.4 is 5.14 Å². The Morgan fingerprint density at radius 1 is 1.10 bits per heavy atom. The Bertz CT molecular complexity index is 666. The van der Waals surface area contributed by atoms with Crippen molar-refractivity contribution in [3.63, 3.8) is 0 Å². The Balaban J connectivity index is 3.51. The predicted molar refractivity (Wildman–Crippen MR) is 77.1 cm³/mol. The zero-order valence-electron chi connectivity index (χ0n) is 11.8. The number of nitrogens with two attached hydrogens (primary N) is 1. The van der Waals surface area contributed by atoms with Gasteiger partial charge in [-0.1, -0.05) is 19.1 Å². The zero-order chi connectivity index (χ0) is 15.6. The van der Waals surface area contributed by atoms with Gasteiger partial charge in [0.15, 0.2) is 0 Å². The van der Waals surface area contributed by atoms with Gasteiger partial charge in [0.1, 0.15) is 9.79 Å². The van der Waals surface area contributed by atoms with Crippen molar-refractivity contribution in [2.45, 2.75) is 43.0 Å². The molecule has 1 aromatic carbocycles. The molecule has 0 aliphatic carbocycles. The van der Waals surface area contributed by atoms with Crippen LogP contribution in [0.4, 0.5) is 0 Å². The molecule has 0 aromatic heterocycles. The highest BCUT2D eigenvalue weighted by Crippen LogP contribution is 2.24. The summed E-state index contributed by atoms with van der Waals surface area (Å²) in [5, 5.41) is 5.09. The number of nitrogens with zero attached hydrogens (tertiary/aromatic N) is 1. The van der Waals surface area contributed by atoms with Crippen LogP contribution in [0.2, 0.25) is 0 Å². The van der Waals surface area contributed by atoms with Crippen molar-refractivity contribution in [3.8, 4) is 0 Å². The fourth-order valence-corrected chi connectivity index (χ4v) is 4.99. The first-order chi connectivity index (χ1) is 9.12. The van der Waals surface area contributed by atoms with E-state index in [-0.39, 0.29) is 15.8 Å². The SMILES string of the molecule is CCCN(C(C)C)S(=O)(=O)c1ccccc1S(N)(=O)=O. The van der Waals surface area contributed by atoms with Crippen LogP contribution in [0.25, 0.3) is 0 Å². The fraction of sp³-hybridized carbons (Fsp3) is 0.500. The molecular formula is C12H20N2O4S2. The molecule has 8 heteroatoms. The molecule has 20 heavy (non-hydrogen) atoms. The van der Waals surface area contributed by atoms with Crippen LogP contribution in [0.3, 0.4) is 0 Å². The van der Waals surface area contributed by atoms with E-state index < -0.39 is 20.0 Å².